The van der Waals surface area contributed by atoms with E-state index in [2.05, 4.69) is 28.9 Å². The van der Waals surface area contributed by atoms with Crippen molar-refractivity contribution in [3.63, 3.8) is 0 Å². The zero-order valence-electron chi connectivity index (χ0n) is 9.62. The zero-order chi connectivity index (χ0) is 11.8. The van der Waals surface area contributed by atoms with E-state index < -0.39 is 0 Å². The molecule has 6 heteroatoms. The van der Waals surface area contributed by atoms with Gasteiger partial charge in [0, 0.05) is 12.6 Å². The summed E-state index contributed by atoms with van der Waals surface area (Å²) in [5.74, 6) is 0.631. The number of rotatable bonds is 3. The van der Waals surface area contributed by atoms with E-state index in [0.29, 0.717) is 5.92 Å². The smallest absolute Gasteiger partial charge is 0.212 e. The van der Waals surface area contributed by atoms with Gasteiger partial charge in [-0.15, -0.1) is 11.3 Å². The Morgan fingerprint density at radius 2 is 2.29 bits per heavy atom. The van der Waals surface area contributed by atoms with Crippen LogP contribution in [-0.4, -0.2) is 19.6 Å². The van der Waals surface area contributed by atoms with Crippen LogP contribution >= 0.6 is 22.7 Å². The maximum Gasteiger partial charge on any atom is 0.212 e. The summed E-state index contributed by atoms with van der Waals surface area (Å²) in [4.78, 5) is 10.7. The van der Waals surface area contributed by atoms with Crippen molar-refractivity contribution >= 4 is 27.6 Å². The van der Waals surface area contributed by atoms with Gasteiger partial charge in [-0.2, -0.15) is 5.10 Å². The Balaban J connectivity index is 1.96. The van der Waals surface area contributed by atoms with Crippen molar-refractivity contribution in [1.82, 2.24) is 19.6 Å². The second kappa shape index (κ2) is 4.19. The molecule has 0 spiro atoms. The number of hydrogen-bond donors (Lipinski definition) is 0. The Kier molecular flexibility index (Phi) is 2.68. The molecule has 0 saturated heterocycles. The minimum Gasteiger partial charge on any atom is -0.252 e. The molecule has 0 atom stereocenters. The molecular formula is C11H12N4S2. The predicted octanol–water partition coefficient (Wildman–Crippen LogP) is 3.11. The van der Waals surface area contributed by atoms with Crippen LogP contribution in [0.5, 0.6) is 0 Å². The molecular weight excluding hydrogens is 252 g/mol. The summed E-state index contributed by atoms with van der Waals surface area (Å²) in [6.07, 6.45) is 4.83. The summed E-state index contributed by atoms with van der Waals surface area (Å²) in [5, 5.41) is 5.69. The van der Waals surface area contributed by atoms with Gasteiger partial charge in [-0.1, -0.05) is 25.2 Å². The molecule has 0 amide bonds. The molecule has 0 aliphatic rings. The summed E-state index contributed by atoms with van der Waals surface area (Å²) in [5.41, 5.74) is 2.78. The van der Waals surface area contributed by atoms with Crippen LogP contribution < -0.4 is 0 Å². The highest BCUT2D eigenvalue weighted by atomic mass is 32.1. The topological polar surface area (TPSA) is 43.1 Å². The molecule has 0 N–H and O–H groups in total. The molecule has 3 aromatic heterocycles. The van der Waals surface area contributed by atoms with Crippen LogP contribution in [0.15, 0.2) is 17.9 Å². The second-order valence-electron chi connectivity index (χ2n) is 4.31. The van der Waals surface area contributed by atoms with Crippen molar-refractivity contribution in [2.45, 2.75) is 20.3 Å². The molecule has 17 heavy (non-hydrogen) atoms. The predicted molar refractivity (Wildman–Crippen MR) is 70.5 cm³/mol. The average molecular weight is 264 g/mol. The fourth-order valence-electron chi connectivity index (χ4n) is 1.63. The fraction of sp³-hybridized carbons (Fsp3) is 0.364. The molecule has 4 nitrogen and oxygen atoms in total. The third-order valence-electron chi connectivity index (χ3n) is 2.35. The first-order valence-electron chi connectivity index (χ1n) is 5.46. The minimum atomic E-state index is 0.631. The summed E-state index contributed by atoms with van der Waals surface area (Å²) in [7, 11) is 0. The number of aromatic nitrogens is 4. The SMILES string of the molecule is CC(C)Cc1nn2cc(-c3cncs3)nc2s1. The van der Waals surface area contributed by atoms with Crippen LogP contribution in [0.4, 0.5) is 0 Å². The number of hydrogen-bond acceptors (Lipinski definition) is 5. The second-order valence-corrected chi connectivity index (χ2v) is 6.24. The first kappa shape index (κ1) is 10.9. The first-order chi connectivity index (χ1) is 8.22. The van der Waals surface area contributed by atoms with Crippen LogP contribution in [-0.2, 0) is 6.42 Å². The molecule has 88 valence electrons. The highest BCUT2D eigenvalue weighted by molar-refractivity contribution is 7.16. The molecule has 0 radical (unpaired) electrons. The van der Waals surface area contributed by atoms with Gasteiger partial charge in [-0.25, -0.2) is 9.50 Å². The minimum absolute atomic E-state index is 0.631. The molecule has 0 fully saturated rings. The zero-order valence-corrected chi connectivity index (χ0v) is 11.3. The molecule has 3 rings (SSSR count). The van der Waals surface area contributed by atoms with Gasteiger partial charge in [-0.3, -0.25) is 4.98 Å². The average Bonchev–Trinajstić information content (AvgIpc) is 2.86. The molecule has 0 saturated carbocycles. The van der Waals surface area contributed by atoms with E-state index in [4.69, 9.17) is 0 Å². The Bertz CT molecular complexity index is 590. The van der Waals surface area contributed by atoms with Crippen molar-refractivity contribution in [2.24, 2.45) is 5.92 Å². The normalized spacial score (nSPS) is 11.7. The van der Waals surface area contributed by atoms with Crippen LogP contribution in [0.25, 0.3) is 15.5 Å². The van der Waals surface area contributed by atoms with Crippen LogP contribution in [0.2, 0.25) is 0 Å². The Hall–Kier alpha value is -1.27. The number of fused-ring (bicyclic) bond motifs is 1. The van der Waals surface area contributed by atoms with E-state index in [0.717, 1.165) is 27.0 Å². The van der Waals surface area contributed by atoms with Crippen LogP contribution in [0.3, 0.4) is 0 Å². The van der Waals surface area contributed by atoms with E-state index in [1.165, 1.54) is 0 Å². The molecule has 0 unspecified atom stereocenters. The molecule has 0 bridgehead atoms. The van der Waals surface area contributed by atoms with E-state index in [1.54, 1.807) is 22.7 Å². The summed E-state index contributed by atoms with van der Waals surface area (Å²) in [6.45, 7) is 4.40. The summed E-state index contributed by atoms with van der Waals surface area (Å²) < 4.78 is 1.87. The molecule has 0 aromatic carbocycles. The van der Waals surface area contributed by atoms with E-state index in [1.807, 2.05) is 22.4 Å². The lowest BCUT2D eigenvalue weighted by Gasteiger charge is -1.97. The Labute approximate surface area is 107 Å². The van der Waals surface area contributed by atoms with Gasteiger partial charge < -0.3 is 0 Å². The lowest BCUT2D eigenvalue weighted by Crippen LogP contribution is -1.94. The summed E-state index contributed by atoms with van der Waals surface area (Å²) >= 11 is 3.27. The quantitative estimate of drug-likeness (QED) is 0.730. The van der Waals surface area contributed by atoms with Gasteiger partial charge in [0.25, 0.3) is 0 Å². The van der Waals surface area contributed by atoms with E-state index >= 15 is 0 Å². The third-order valence-corrected chi connectivity index (χ3v) is 4.09. The molecule has 0 aliphatic carbocycles. The first-order valence-corrected chi connectivity index (χ1v) is 7.16. The Morgan fingerprint density at radius 1 is 1.41 bits per heavy atom. The van der Waals surface area contributed by atoms with Crippen LogP contribution in [0, 0.1) is 5.92 Å². The number of nitrogens with zero attached hydrogens (tertiary/aromatic N) is 4. The highest BCUT2D eigenvalue weighted by Crippen LogP contribution is 2.25. The largest absolute Gasteiger partial charge is 0.252 e. The third kappa shape index (κ3) is 2.10. The summed E-state index contributed by atoms with van der Waals surface area (Å²) in [6, 6.07) is 0. The standard InChI is InChI=1S/C11H12N4S2/c1-7(2)3-10-14-15-5-8(13-11(15)17-10)9-4-12-6-16-9/h4-7H,3H2,1-2H3. The molecule has 3 aromatic rings. The van der Waals surface area contributed by atoms with Crippen molar-refractivity contribution in [3.8, 4) is 10.6 Å². The molecule has 0 aliphatic heterocycles. The fourth-order valence-corrected chi connectivity index (χ4v) is 3.30. The highest BCUT2D eigenvalue weighted by Gasteiger charge is 2.11. The van der Waals surface area contributed by atoms with E-state index in [9.17, 15) is 0 Å². The lowest BCUT2D eigenvalue weighted by atomic mass is 10.1. The maximum absolute atomic E-state index is 4.57. The van der Waals surface area contributed by atoms with Crippen molar-refractivity contribution in [3.05, 3.63) is 22.9 Å². The lowest BCUT2D eigenvalue weighted by molar-refractivity contribution is 0.637. The number of imidazole rings is 1. The van der Waals surface area contributed by atoms with Gasteiger partial charge in [0.2, 0.25) is 4.96 Å². The van der Waals surface area contributed by atoms with Crippen LogP contribution in [0.1, 0.15) is 18.9 Å². The maximum atomic E-state index is 4.57. The van der Waals surface area contributed by atoms with Gasteiger partial charge in [-0.05, 0) is 5.92 Å². The van der Waals surface area contributed by atoms with E-state index in [-0.39, 0.29) is 0 Å². The van der Waals surface area contributed by atoms with Gasteiger partial charge >= 0.3 is 0 Å². The van der Waals surface area contributed by atoms with Gasteiger partial charge in [0.1, 0.15) is 10.7 Å². The monoisotopic (exact) mass is 264 g/mol. The van der Waals surface area contributed by atoms with Crippen molar-refractivity contribution in [2.75, 3.05) is 0 Å². The molecule has 3 heterocycles. The van der Waals surface area contributed by atoms with Gasteiger partial charge in [0.05, 0.1) is 16.6 Å². The van der Waals surface area contributed by atoms with Crippen molar-refractivity contribution < 1.29 is 0 Å². The number of thiazole rings is 1. The van der Waals surface area contributed by atoms with Gasteiger partial charge in [0.15, 0.2) is 0 Å². The Morgan fingerprint density at radius 3 is 2.94 bits per heavy atom. The van der Waals surface area contributed by atoms with Crippen molar-refractivity contribution in [1.29, 1.82) is 0 Å².